The first-order chi connectivity index (χ1) is 11.9. The van der Waals surface area contributed by atoms with Crippen molar-refractivity contribution in [3.8, 4) is 11.5 Å². The van der Waals surface area contributed by atoms with Gasteiger partial charge >= 0.3 is 0 Å². The normalized spacial score (nSPS) is 10.2. The molecule has 0 atom stereocenters. The van der Waals surface area contributed by atoms with Crippen molar-refractivity contribution >= 4 is 11.6 Å². The quantitative estimate of drug-likeness (QED) is 0.592. The summed E-state index contributed by atoms with van der Waals surface area (Å²) in [6.45, 7) is -0.0307. The smallest absolute Gasteiger partial charge is 0.286 e. The maximum Gasteiger partial charge on any atom is 0.286 e. The number of ether oxygens (including phenoxy) is 2. The van der Waals surface area contributed by atoms with E-state index in [9.17, 15) is 19.3 Å². The lowest BCUT2D eigenvalue weighted by molar-refractivity contribution is -0.385. The fraction of sp³-hybridized carbons (Fsp3) is 0.235. The van der Waals surface area contributed by atoms with Crippen LogP contribution in [-0.2, 0) is 6.54 Å². The second kappa shape index (κ2) is 7.61. The van der Waals surface area contributed by atoms with Gasteiger partial charge < -0.3 is 14.4 Å². The third kappa shape index (κ3) is 3.85. The number of hydrogen-bond acceptors (Lipinski definition) is 5. The van der Waals surface area contributed by atoms with Crippen molar-refractivity contribution in [3.05, 3.63) is 63.5 Å². The van der Waals surface area contributed by atoms with E-state index in [0.717, 1.165) is 6.07 Å². The first kappa shape index (κ1) is 18.2. The molecule has 0 saturated carbocycles. The van der Waals surface area contributed by atoms with Crippen LogP contribution in [0.3, 0.4) is 0 Å². The molecule has 0 bridgehead atoms. The monoisotopic (exact) mass is 348 g/mol. The summed E-state index contributed by atoms with van der Waals surface area (Å²) in [5, 5.41) is 11.3. The second-order valence-corrected chi connectivity index (χ2v) is 5.23. The molecule has 2 aromatic rings. The van der Waals surface area contributed by atoms with Crippen molar-refractivity contribution in [1.82, 2.24) is 4.90 Å². The van der Waals surface area contributed by atoms with Crippen molar-refractivity contribution < 1.29 is 23.6 Å². The summed E-state index contributed by atoms with van der Waals surface area (Å²) in [6, 6.07) is 8.39. The molecule has 0 aliphatic carbocycles. The maximum atomic E-state index is 13.8. The Labute approximate surface area is 143 Å². The molecular formula is C17H17FN2O5. The molecular weight excluding hydrogens is 331 g/mol. The standard InChI is InChI=1S/C17H17FN2O5/c1-19(10-11-6-4-5-7-13(11)18)17(21)12-8-15(24-2)16(25-3)9-14(12)20(22)23/h4-9H,10H2,1-3H3. The van der Waals surface area contributed by atoms with Gasteiger partial charge in [-0.2, -0.15) is 0 Å². The molecule has 0 spiro atoms. The molecule has 25 heavy (non-hydrogen) atoms. The third-order valence-corrected chi connectivity index (χ3v) is 3.64. The van der Waals surface area contributed by atoms with Gasteiger partial charge in [0.25, 0.3) is 11.6 Å². The number of nitro groups is 1. The zero-order valence-corrected chi connectivity index (χ0v) is 14.0. The van der Waals surface area contributed by atoms with Gasteiger partial charge in [-0.15, -0.1) is 0 Å². The number of halogens is 1. The fourth-order valence-electron chi connectivity index (χ4n) is 2.35. The maximum absolute atomic E-state index is 13.8. The van der Waals surface area contributed by atoms with Gasteiger partial charge in [0.1, 0.15) is 11.4 Å². The van der Waals surface area contributed by atoms with E-state index in [-0.39, 0.29) is 23.6 Å². The SMILES string of the molecule is COc1cc(C(=O)N(C)Cc2ccccc2F)c([N+](=O)[O-])cc1OC. The predicted molar refractivity (Wildman–Crippen MR) is 88.4 cm³/mol. The van der Waals surface area contributed by atoms with Crippen LogP contribution >= 0.6 is 0 Å². The Balaban J connectivity index is 2.40. The molecule has 132 valence electrons. The Hall–Kier alpha value is -3.16. The van der Waals surface area contributed by atoms with Crippen molar-refractivity contribution in [2.45, 2.75) is 6.54 Å². The Bertz CT molecular complexity index is 810. The average molecular weight is 348 g/mol. The van der Waals surface area contributed by atoms with Gasteiger partial charge in [0.05, 0.1) is 25.2 Å². The number of benzene rings is 2. The largest absolute Gasteiger partial charge is 0.493 e. The van der Waals surface area contributed by atoms with Gasteiger partial charge in [0.2, 0.25) is 0 Å². The zero-order valence-electron chi connectivity index (χ0n) is 14.0. The highest BCUT2D eigenvalue weighted by Gasteiger charge is 2.27. The van der Waals surface area contributed by atoms with E-state index in [0.29, 0.717) is 5.56 Å². The Morgan fingerprint density at radius 2 is 1.80 bits per heavy atom. The Morgan fingerprint density at radius 3 is 2.36 bits per heavy atom. The van der Waals surface area contributed by atoms with Crippen LogP contribution in [0, 0.1) is 15.9 Å². The van der Waals surface area contributed by atoms with Crippen molar-refractivity contribution in [3.63, 3.8) is 0 Å². The lowest BCUT2D eigenvalue weighted by atomic mass is 10.1. The van der Waals surface area contributed by atoms with E-state index in [2.05, 4.69) is 0 Å². The molecule has 0 aromatic heterocycles. The van der Waals surface area contributed by atoms with Crippen LogP contribution in [0.4, 0.5) is 10.1 Å². The van der Waals surface area contributed by atoms with E-state index >= 15 is 0 Å². The number of nitro benzene ring substituents is 1. The van der Waals surface area contributed by atoms with E-state index < -0.39 is 22.3 Å². The van der Waals surface area contributed by atoms with Gasteiger partial charge in [0, 0.05) is 25.2 Å². The van der Waals surface area contributed by atoms with Gasteiger partial charge in [-0.25, -0.2) is 4.39 Å². The summed E-state index contributed by atoms with van der Waals surface area (Å²) < 4.78 is 23.9. The average Bonchev–Trinajstić information content (AvgIpc) is 2.61. The topological polar surface area (TPSA) is 81.9 Å². The summed E-state index contributed by atoms with van der Waals surface area (Å²) in [7, 11) is 4.14. The number of amides is 1. The molecule has 2 rings (SSSR count). The number of rotatable bonds is 6. The minimum atomic E-state index is -0.674. The van der Waals surface area contributed by atoms with Gasteiger partial charge in [-0.1, -0.05) is 18.2 Å². The van der Waals surface area contributed by atoms with Crippen LogP contribution in [0.2, 0.25) is 0 Å². The second-order valence-electron chi connectivity index (χ2n) is 5.23. The first-order valence-electron chi connectivity index (χ1n) is 7.28. The van der Waals surface area contributed by atoms with Crippen LogP contribution in [0.15, 0.2) is 36.4 Å². The molecule has 0 N–H and O–H groups in total. The summed E-state index contributed by atoms with van der Waals surface area (Å²) in [4.78, 5) is 24.5. The van der Waals surface area contributed by atoms with Crippen LogP contribution in [0.1, 0.15) is 15.9 Å². The number of nitrogens with zero attached hydrogens (tertiary/aromatic N) is 2. The van der Waals surface area contributed by atoms with E-state index in [4.69, 9.17) is 9.47 Å². The van der Waals surface area contributed by atoms with Crippen LogP contribution < -0.4 is 9.47 Å². The number of carbonyl (C=O) groups is 1. The van der Waals surface area contributed by atoms with Crippen LogP contribution in [0.5, 0.6) is 11.5 Å². The molecule has 8 heteroatoms. The fourth-order valence-corrected chi connectivity index (χ4v) is 2.35. The van der Waals surface area contributed by atoms with Gasteiger partial charge in [-0.05, 0) is 6.07 Å². The van der Waals surface area contributed by atoms with Crippen molar-refractivity contribution in [2.75, 3.05) is 21.3 Å². The van der Waals surface area contributed by atoms with Crippen LogP contribution in [0.25, 0.3) is 0 Å². The molecule has 0 aliphatic rings. The lowest BCUT2D eigenvalue weighted by Crippen LogP contribution is -2.27. The van der Waals surface area contributed by atoms with E-state index in [1.807, 2.05) is 0 Å². The third-order valence-electron chi connectivity index (χ3n) is 3.64. The molecule has 1 amide bonds. The summed E-state index contributed by atoms with van der Waals surface area (Å²) >= 11 is 0. The van der Waals surface area contributed by atoms with Crippen molar-refractivity contribution in [1.29, 1.82) is 0 Å². The predicted octanol–water partition coefficient (Wildman–Crippen LogP) is 3.02. The molecule has 0 aliphatic heterocycles. The molecule has 0 fully saturated rings. The van der Waals surface area contributed by atoms with Gasteiger partial charge in [-0.3, -0.25) is 14.9 Å². The van der Waals surface area contributed by atoms with E-state index in [1.54, 1.807) is 18.2 Å². The highest BCUT2D eigenvalue weighted by atomic mass is 19.1. The minimum Gasteiger partial charge on any atom is -0.493 e. The minimum absolute atomic E-state index is 0.0307. The highest BCUT2D eigenvalue weighted by molar-refractivity contribution is 5.99. The van der Waals surface area contributed by atoms with Gasteiger partial charge in [0.15, 0.2) is 11.5 Å². The summed E-state index contributed by atoms with van der Waals surface area (Å²) in [5.74, 6) is -0.752. The first-order valence-corrected chi connectivity index (χ1v) is 7.28. The van der Waals surface area contributed by atoms with E-state index in [1.165, 1.54) is 38.3 Å². The zero-order chi connectivity index (χ0) is 18.6. The van der Waals surface area contributed by atoms with Crippen LogP contribution in [-0.4, -0.2) is 37.0 Å². The molecule has 7 nitrogen and oxygen atoms in total. The Morgan fingerprint density at radius 1 is 1.20 bits per heavy atom. The lowest BCUT2D eigenvalue weighted by Gasteiger charge is -2.18. The van der Waals surface area contributed by atoms with Crippen molar-refractivity contribution in [2.24, 2.45) is 0 Å². The Kier molecular flexibility index (Phi) is 5.53. The molecule has 2 aromatic carbocycles. The molecule has 0 unspecified atom stereocenters. The molecule has 0 radical (unpaired) electrons. The summed E-state index contributed by atoms with van der Waals surface area (Å²) in [5.41, 5.74) is -0.272. The summed E-state index contributed by atoms with van der Waals surface area (Å²) in [6.07, 6.45) is 0. The number of methoxy groups -OCH3 is 2. The highest BCUT2D eigenvalue weighted by Crippen LogP contribution is 2.35. The molecule has 0 saturated heterocycles. The molecule has 0 heterocycles. The number of hydrogen-bond donors (Lipinski definition) is 0. The number of carbonyl (C=O) groups excluding carboxylic acids is 1.